The molecule has 1 aliphatic heterocycles. The lowest BCUT2D eigenvalue weighted by atomic mass is 9.99. The molecule has 1 fully saturated rings. The van der Waals surface area contributed by atoms with Gasteiger partial charge in [0.05, 0.1) is 29.7 Å². The van der Waals surface area contributed by atoms with Crippen LogP contribution in [0.4, 0.5) is 24.8 Å². The van der Waals surface area contributed by atoms with Crippen LogP contribution < -0.4 is 16.0 Å². The topological polar surface area (TPSA) is 162 Å². The molecule has 0 radical (unpaired) electrons. The molecule has 5 aromatic heterocycles. The van der Waals surface area contributed by atoms with Crippen molar-refractivity contribution >= 4 is 63.1 Å². The maximum atomic E-state index is 14.0. The minimum atomic E-state index is -4.60. The zero-order valence-electron chi connectivity index (χ0n) is 35.4. The summed E-state index contributed by atoms with van der Waals surface area (Å²) in [7, 11) is 0. The van der Waals surface area contributed by atoms with Crippen molar-refractivity contribution in [3.05, 3.63) is 122 Å². The summed E-state index contributed by atoms with van der Waals surface area (Å²) in [4.78, 5) is 47.0. The van der Waals surface area contributed by atoms with Gasteiger partial charge in [-0.3, -0.25) is 19.1 Å². The molecule has 2 amide bonds. The molecule has 0 unspecified atom stereocenters. The van der Waals surface area contributed by atoms with Crippen molar-refractivity contribution in [3.63, 3.8) is 0 Å². The third-order valence-electron chi connectivity index (χ3n) is 11.7. The Morgan fingerprint density at radius 1 is 0.953 bits per heavy atom. The first-order chi connectivity index (χ1) is 30.7. The van der Waals surface area contributed by atoms with Crippen LogP contribution in [0.3, 0.4) is 0 Å². The Kier molecular flexibility index (Phi) is 11.6. The molecule has 330 valence electrons. The number of aliphatic imine (C=N–C) groups is 1. The summed E-state index contributed by atoms with van der Waals surface area (Å²) in [6.07, 6.45) is 4.24. The molecule has 2 aliphatic rings. The fourth-order valence-corrected chi connectivity index (χ4v) is 9.79. The summed E-state index contributed by atoms with van der Waals surface area (Å²) < 4.78 is 47.4. The van der Waals surface area contributed by atoms with Crippen LogP contribution in [0.2, 0.25) is 5.02 Å². The normalized spacial score (nSPS) is 15.2. The van der Waals surface area contributed by atoms with E-state index in [2.05, 4.69) is 50.0 Å². The van der Waals surface area contributed by atoms with Gasteiger partial charge in [-0.2, -0.15) is 18.2 Å². The molecule has 1 atom stereocenters. The van der Waals surface area contributed by atoms with Crippen molar-refractivity contribution in [1.82, 2.24) is 49.5 Å². The zero-order chi connectivity index (χ0) is 44.9. The van der Waals surface area contributed by atoms with E-state index in [1.54, 1.807) is 42.8 Å². The van der Waals surface area contributed by atoms with E-state index in [4.69, 9.17) is 21.6 Å². The minimum absolute atomic E-state index is 0.00490. The second-order valence-electron chi connectivity index (χ2n) is 16.2. The van der Waals surface area contributed by atoms with Crippen molar-refractivity contribution < 1.29 is 22.8 Å². The number of amides is 2. The maximum absolute atomic E-state index is 14.0. The third kappa shape index (κ3) is 8.51. The summed E-state index contributed by atoms with van der Waals surface area (Å²) >= 11 is 7.89. The monoisotopic (exact) mass is 908 g/mol. The summed E-state index contributed by atoms with van der Waals surface area (Å²) in [5.41, 5.74) is 4.88. The highest BCUT2D eigenvalue weighted by Crippen LogP contribution is 2.40. The van der Waals surface area contributed by atoms with Crippen molar-refractivity contribution in [1.29, 1.82) is 0 Å². The van der Waals surface area contributed by atoms with Gasteiger partial charge in [0.25, 0.3) is 5.91 Å². The van der Waals surface area contributed by atoms with Gasteiger partial charge in [-0.25, -0.2) is 9.97 Å². The zero-order valence-corrected chi connectivity index (χ0v) is 37.0. The van der Waals surface area contributed by atoms with Gasteiger partial charge >= 0.3 is 6.18 Å². The molecule has 7 aromatic rings. The second-order valence-corrected chi connectivity index (χ2v) is 17.8. The molecular formula is C45H44ClF3N12O2S. The standard InChI is InChI=1S/C45H44ClF3N12O2S/c1-24-22-59(23-53-24)34-18-30(45(47,48)49)17-32(19-34)54-44-52-21-29-16-36(61(40(29)56-44)33-8-5-6-9-33)42(63)51-15-7-14-50-37(62)20-35-41-58-57-27(4)60(41)43-38(25(2)26(3)64-43)39(55-35)28-10-12-31(46)13-11-28/h10-13,16-19,21-23,33,35H,5-9,14-15,20H2,1-4H3,(H,50,62)(H,51,63)(H,52,54,56)/t35-/m0/s1. The van der Waals surface area contributed by atoms with Crippen LogP contribution in [0.15, 0.2) is 72.2 Å². The van der Waals surface area contributed by atoms with E-state index in [0.717, 1.165) is 70.1 Å². The minimum Gasteiger partial charge on any atom is -0.356 e. The molecule has 1 saturated carbocycles. The molecule has 64 heavy (non-hydrogen) atoms. The van der Waals surface area contributed by atoms with Crippen molar-refractivity contribution in [2.24, 2.45) is 4.99 Å². The van der Waals surface area contributed by atoms with E-state index in [9.17, 15) is 22.8 Å². The molecule has 19 heteroatoms. The van der Waals surface area contributed by atoms with E-state index in [0.29, 0.717) is 52.1 Å². The molecule has 1 aliphatic carbocycles. The number of rotatable bonds is 12. The highest BCUT2D eigenvalue weighted by atomic mass is 35.5. The van der Waals surface area contributed by atoms with Gasteiger partial charge in [-0.05, 0) is 88.9 Å². The Morgan fingerprint density at radius 2 is 1.72 bits per heavy atom. The molecule has 14 nitrogen and oxygen atoms in total. The summed E-state index contributed by atoms with van der Waals surface area (Å²) in [5, 5.41) is 20.0. The lowest BCUT2D eigenvalue weighted by molar-refractivity contribution is -0.137. The van der Waals surface area contributed by atoms with Crippen molar-refractivity contribution in [3.8, 4) is 10.7 Å². The van der Waals surface area contributed by atoms with Crippen LogP contribution in [-0.4, -0.2) is 69.5 Å². The van der Waals surface area contributed by atoms with E-state index in [1.807, 2.05) is 40.3 Å². The van der Waals surface area contributed by atoms with E-state index >= 15 is 0 Å². The summed E-state index contributed by atoms with van der Waals surface area (Å²) in [5.74, 6) is 0.852. The molecular weight excluding hydrogens is 865 g/mol. The number of hydrogen-bond acceptors (Lipinski definition) is 10. The number of halogens is 4. The van der Waals surface area contributed by atoms with Gasteiger partial charge in [0.1, 0.15) is 28.2 Å². The SMILES string of the molecule is Cc1cn(-c2cc(Nc3ncc4cc(C(=O)NCCCNC(=O)C[C@@H]5N=C(c6ccc(Cl)cc6)c6c(sc(C)c6C)-n6c(C)nnc65)n(C5CCCC5)c4n3)cc(C(F)(F)F)c2)cn1. The predicted molar refractivity (Wildman–Crippen MR) is 239 cm³/mol. The van der Waals surface area contributed by atoms with Gasteiger partial charge in [0.15, 0.2) is 5.82 Å². The quantitative estimate of drug-likeness (QED) is 0.102. The number of alkyl halides is 3. The molecule has 0 bridgehead atoms. The largest absolute Gasteiger partial charge is 0.416 e. The number of carbonyl (C=O) groups excluding carboxylic acids is 2. The smallest absolute Gasteiger partial charge is 0.356 e. The van der Waals surface area contributed by atoms with Crippen LogP contribution in [-0.2, 0) is 11.0 Å². The van der Waals surface area contributed by atoms with Gasteiger partial charge in [0, 0.05) is 69.3 Å². The predicted octanol–water partition coefficient (Wildman–Crippen LogP) is 9.24. The Hall–Kier alpha value is -6.40. The Balaban J connectivity index is 0.882. The van der Waals surface area contributed by atoms with Gasteiger partial charge in [0.2, 0.25) is 11.9 Å². The molecule has 9 rings (SSSR count). The number of imidazole rings is 1. The average Bonchev–Trinajstić information content (AvgIpc) is 4.11. The third-order valence-corrected chi connectivity index (χ3v) is 13.2. The summed E-state index contributed by atoms with van der Waals surface area (Å²) in [6, 6.07) is 12.3. The maximum Gasteiger partial charge on any atom is 0.416 e. The van der Waals surface area contributed by atoms with E-state index in [1.165, 1.54) is 10.9 Å². The Labute approximate surface area is 375 Å². The summed E-state index contributed by atoms with van der Waals surface area (Å²) in [6.45, 7) is 8.39. The molecule has 2 aromatic carbocycles. The van der Waals surface area contributed by atoms with Crippen LogP contribution in [0, 0.1) is 27.7 Å². The number of nitrogens with zero attached hydrogens (tertiary/aromatic N) is 9. The number of hydrogen-bond donors (Lipinski definition) is 3. The Bertz CT molecular complexity index is 2940. The highest BCUT2D eigenvalue weighted by Gasteiger charge is 2.34. The van der Waals surface area contributed by atoms with Crippen LogP contribution in [0.25, 0.3) is 21.7 Å². The number of carbonyl (C=O) groups is 2. The molecule has 0 saturated heterocycles. The lowest BCUT2D eigenvalue weighted by Crippen LogP contribution is -2.31. The fraction of sp³-hybridized carbons (Fsp3) is 0.333. The molecule has 0 spiro atoms. The molecule has 6 heterocycles. The number of thiophene rings is 1. The van der Waals surface area contributed by atoms with Crippen LogP contribution in [0.1, 0.15) is 106 Å². The number of aromatic nitrogens is 8. The van der Waals surface area contributed by atoms with Gasteiger partial charge < -0.3 is 25.1 Å². The first-order valence-electron chi connectivity index (χ1n) is 21.0. The Morgan fingerprint density at radius 3 is 2.45 bits per heavy atom. The lowest BCUT2D eigenvalue weighted by Gasteiger charge is -2.17. The van der Waals surface area contributed by atoms with Crippen molar-refractivity contribution in [2.75, 3.05) is 18.4 Å². The van der Waals surface area contributed by atoms with Gasteiger partial charge in [-0.1, -0.05) is 36.6 Å². The number of anilines is 2. The number of benzene rings is 2. The van der Waals surface area contributed by atoms with Gasteiger partial charge in [-0.15, -0.1) is 21.5 Å². The van der Waals surface area contributed by atoms with E-state index in [-0.39, 0.29) is 48.1 Å². The number of fused-ring (bicyclic) bond motifs is 4. The first-order valence-corrected chi connectivity index (χ1v) is 22.2. The fourth-order valence-electron chi connectivity index (χ4n) is 8.45. The van der Waals surface area contributed by atoms with Crippen molar-refractivity contribution in [2.45, 2.75) is 84.5 Å². The van der Waals surface area contributed by atoms with Crippen LogP contribution in [0.5, 0.6) is 0 Å². The van der Waals surface area contributed by atoms with E-state index < -0.39 is 17.8 Å². The second kappa shape index (κ2) is 17.3. The molecule has 3 N–H and O–H groups in total. The number of aryl methyl sites for hydroxylation is 3. The highest BCUT2D eigenvalue weighted by molar-refractivity contribution is 7.15. The van der Waals surface area contributed by atoms with Crippen LogP contribution >= 0.6 is 22.9 Å². The number of nitrogens with one attached hydrogen (secondary N) is 3. The first kappa shape index (κ1) is 42.9. The average molecular weight is 909 g/mol.